The van der Waals surface area contributed by atoms with Gasteiger partial charge in [0.15, 0.2) is 0 Å². The molecule has 0 radical (unpaired) electrons. The molecular formula is C11H11BrN4O5. The summed E-state index contributed by atoms with van der Waals surface area (Å²) in [5, 5.41) is 15.0. The van der Waals surface area contributed by atoms with E-state index in [-0.39, 0.29) is 11.3 Å². The van der Waals surface area contributed by atoms with Crippen LogP contribution in [0, 0.1) is 10.1 Å². The number of carbonyl (C=O) groups is 3. The average Bonchev–Trinajstić information content (AvgIpc) is 2.37. The van der Waals surface area contributed by atoms with Crippen LogP contribution in [-0.4, -0.2) is 27.6 Å². The van der Waals surface area contributed by atoms with Crippen LogP contribution in [0.15, 0.2) is 18.2 Å². The Hall–Kier alpha value is -2.49. The summed E-state index contributed by atoms with van der Waals surface area (Å²) >= 11 is 3.04. The number of nitrogens with two attached hydrogens (primary N) is 1. The van der Waals surface area contributed by atoms with Gasteiger partial charge in [0.05, 0.1) is 9.75 Å². The number of nitrogens with one attached hydrogen (secondary N) is 2. The van der Waals surface area contributed by atoms with Crippen LogP contribution in [-0.2, 0) is 4.79 Å². The van der Waals surface area contributed by atoms with E-state index in [4.69, 9.17) is 5.73 Å². The van der Waals surface area contributed by atoms with Crippen molar-refractivity contribution in [3.8, 4) is 0 Å². The van der Waals surface area contributed by atoms with Crippen molar-refractivity contribution in [1.29, 1.82) is 0 Å². The Morgan fingerprint density at radius 1 is 1.33 bits per heavy atom. The Morgan fingerprint density at radius 2 is 1.95 bits per heavy atom. The zero-order valence-corrected chi connectivity index (χ0v) is 12.3. The highest BCUT2D eigenvalue weighted by atomic mass is 79.9. The summed E-state index contributed by atoms with van der Waals surface area (Å²) in [5.41, 5.74) is 4.26. The lowest BCUT2D eigenvalue weighted by Gasteiger charge is -2.08. The van der Waals surface area contributed by atoms with Crippen molar-refractivity contribution in [3.63, 3.8) is 0 Å². The fourth-order valence-corrected chi connectivity index (χ4v) is 1.46. The molecule has 1 aromatic rings. The molecule has 1 aromatic carbocycles. The molecule has 0 spiro atoms. The molecule has 0 saturated heterocycles. The molecule has 0 heterocycles. The lowest BCUT2D eigenvalue weighted by atomic mass is 10.1. The molecule has 0 aliphatic carbocycles. The monoisotopic (exact) mass is 358 g/mol. The molecule has 1 rings (SSSR count). The van der Waals surface area contributed by atoms with Crippen molar-refractivity contribution in [2.24, 2.45) is 5.73 Å². The molecule has 0 fully saturated rings. The molecule has 4 N–H and O–H groups in total. The second-order valence-electron chi connectivity index (χ2n) is 3.95. The first-order chi connectivity index (χ1) is 9.70. The molecule has 0 aliphatic rings. The summed E-state index contributed by atoms with van der Waals surface area (Å²) in [6.45, 7) is 1.56. The first-order valence-corrected chi connectivity index (χ1v) is 6.47. The fraction of sp³-hybridized carbons (Fsp3) is 0.182. The summed E-state index contributed by atoms with van der Waals surface area (Å²) in [4.78, 5) is 43.4. The van der Waals surface area contributed by atoms with Gasteiger partial charge in [0.2, 0.25) is 5.91 Å². The van der Waals surface area contributed by atoms with Gasteiger partial charge in [0, 0.05) is 23.4 Å². The zero-order valence-electron chi connectivity index (χ0n) is 10.8. The molecule has 10 heteroatoms. The maximum Gasteiger partial charge on any atom is 0.319 e. The van der Waals surface area contributed by atoms with Crippen molar-refractivity contribution in [3.05, 3.63) is 33.9 Å². The molecule has 0 saturated carbocycles. The molecule has 0 bridgehead atoms. The minimum atomic E-state index is -1.09. The van der Waals surface area contributed by atoms with E-state index < -0.39 is 33.3 Å². The maximum atomic E-state index is 11.6. The molecule has 112 valence electrons. The molecule has 21 heavy (non-hydrogen) atoms. The molecule has 1 atom stereocenters. The van der Waals surface area contributed by atoms with Gasteiger partial charge in [-0.2, -0.15) is 0 Å². The number of benzene rings is 1. The van der Waals surface area contributed by atoms with E-state index in [1.54, 1.807) is 12.2 Å². The average molecular weight is 359 g/mol. The number of imide groups is 1. The van der Waals surface area contributed by atoms with Crippen LogP contribution in [0.1, 0.15) is 17.3 Å². The number of nitro groups is 1. The standard InChI is InChI=1S/C11H11BrN4O5/c1-5(12)9(17)14-7-2-6(10(18)15-11(13)19)3-8(4-7)16(20)21/h2-5H,1H3,(H,14,17)(H3,13,15,18,19)/t5-/m0/s1. The fourth-order valence-electron chi connectivity index (χ4n) is 1.35. The number of anilines is 1. The number of urea groups is 1. The number of primary amides is 1. The van der Waals surface area contributed by atoms with Crippen LogP contribution in [0.2, 0.25) is 0 Å². The van der Waals surface area contributed by atoms with Crippen LogP contribution in [0.4, 0.5) is 16.2 Å². The number of amides is 4. The summed E-state index contributed by atoms with van der Waals surface area (Å²) in [6.07, 6.45) is 0. The number of hydrogen-bond donors (Lipinski definition) is 3. The van der Waals surface area contributed by atoms with E-state index >= 15 is 0 Å². The van der Waals surface area contributed by atoms with Crippen molar-refractivity contribution < 1.29 is 19.3 Å². The first-order valence-electron chi connectivity index (χ1n) is 5.56. The van der Waals surface area contributed by atoms with Crippen LogP contribution in [0.25, 0.3) is 0 Å². The van der Waals surface area contributed by atoms with E-state index in [1.807, 2.05) is 0 Å². The molecule has 9 nitrogen and oxygen atoms in total. The SMILES string of the molecule is C[C@H](Br)C(=O)Nc1cc(C(=O)NC(N)=O)cc([N+](=O)[O-])c1. The van der Waals surface area contributed by atoms with Crippen LogP contribution in [0.3, 0.4) is 0 Å². The molecule has 0 aromatic heterocycles. The van der Waals surface area contributed by atoms with Gasteiger partial charge in [0.1, 0.15) is 0 Å². The summed E-state index contributed by atoms with van der Waals surface area (Å²) in [7, 11) is 0. The topological polar surface area (TPSA) is 144 Å². The van der Waals surface area contributed by atoms with Crippen LogP contribution >= 0.6 is 15.9 Å². The number of rotatable bonds is 4. The Labute approximate surface area is 127 Å². The van der Waals surface area contributed by atoms with Crippen molar-refractivity contribution in [2.45, 2.75) is 11.8 Å². The second-order valence-corrected chi connectivity index (χ2v) is 5.32. The molecular weight excluding hydrogens is 348 g/mol. The number of hydrogen-bond acceptors (Lipinski definition) is 5. The van der Waals surface area contributed by atoms with Crippen LogP contribution in [0.5, 0.6) is 0 Å². The number of carbonyl (C=O) groups excluding carboxylic acids is 3. The minimum Gasteiger partial charge on any atom is -0.351 e. The van der Waals surface area contributed by atoms with Crippen molar-refractivity contribution in [1.82, 2.24) is 5.32 Å². The van der Waals surface area contributed by atoms with Gasteiger partial charge in [-0.3, -0.25) is 25.0 Å². The maximum absolute atomic E-state index is 11.6. The predicted molar refractivity (Wildman–Crippen MR) is 77.2 cm³/mol. The van der Waals surface area contributed by atoms with Crippen molar-refractivity contribution >= 4 is 45.2 Å². The van der Waals surface area contributed by atoms with Gasteiger partial charge in [-0.25, -0.2) is 4.79 Å². The second kappa shape index (κ2) is 6.79. The smallest absolute Gasteiger partial charge is 0.319 e. The van der Waals surface area contributed by atoms with Gasteiger partial charge in [-0.15, -0.1) is 0 Å². The van der Waals surface area contributed by atoms with E-state index in [0.717, 1.165) is 12.1 Å². The predicted octanol–water partition coefficient (Wildman–Crippen LogP) is 1.13. The molecule has 0 aliphatic heterocycles. The lowest BCUT2D eigenvalue weighted by molar-refractivity contribution is -0.384. The first kappa shape index (κ1) is 16.6. The molecule has 0 unspecified atom stereocenters. The quantitative estimate of drug-likeness (QED) is 0.419. The highest BCUT2D eigenvalue weighted by molar-refractivity contribution is 9.10. The van der Waals surface area contributed by atoms with Gasteiger partial charge in [-0.05, 0) is 13.0 Å². The van der Waals surface area contributed by atoms with Crippen LogP contribution < -0.4 is 16.4 Å². The number of nitro benzene ring substituents is 1. The van der Waals surface area contributed by atoms with E-state index in [2.05, 4.69) is 21.2 Å². The number of alkyl halides is 1. The van der Waals surface area contributed by atoms with Crippen molar-refractivity contribution in [2.75, 3.05) is 5.32 Å². The zero-order chi connectivity index (χ0) is 16.2. The Morgan fingerprint density at radius 3 is 2.43 bits per heavy atom. The highest BCUT2D eigenvalue weighted by Gasteiger charge is 2.17. The molecule has 4 amide bonds. The largest absolute Gasteiger partial charge is 0.351 e. The summed E-state index contributed by atoms with van der Waals surface area (Å²) < 4.78 is 0. The van der Waals surface area contributed by atoms with E-state index in [1.165, 1.54) is 6.07 Å². The van der Waals surface area contributed by atoms with Gasteiger partial charge < -0.3 is 11.1 Å². The third kappa shape index (κ3) is 4.84. The van der Waals surface area contributed by atoms with Gasteiger partial charge in [-0.1, -0.05) is 15.9 Å². The number of nitrogens with zero attached hydrogens (tertiary/aromatic N) is 1. The number of non-ortho nitro benzene ring substituents is 1. The van der Waals surface area contributed by atoms with Gasteiger partial charge >= 0.3 is 6.03 Å². The highest BCUT2D eigenvalue weighted by Crippen LogP contribution is 2.21. The number of halogens is 1. The normalized spacial score (nSPS) is 11.3. The Bertz CT molecular complexity index is 617. The van der Waals surface area contributed by atoms with Gasteiger partial charge in [0.25, 0.3) is 11.6 Å². The Kier molecular flexibility index (Phi) is 5.36. The summed E-state index contributed by atoms with van der Waals surface area (Å²) in [6, 6.07) is 2.16. The summed E-state index contributed by atoms with van der Waals surface area (Å²) in [5.74, 6) is -1.36. The minimum absolute atomic E-state index is 0.0510. The Balaban J connectivity index is 3.17. The van der Waals surface area contributed by atoms with E-state index in [0.29, 0.717) is 0 Å². The third-order valence-corrected chi connectivity index (χ3v) is 2.67. The lowest BCUT2D eigenvalue weighted by Crippen LogP contribution is -2.35. The third-order valence-electron chi connectivity index (χ3n) is 2.26. The van der Waals surface area contributed by atoms with E-state index in [9.17, 15) is 24.5 Å².